The third-order valence-corrected chi connectivity index (χ3v) is 6.43. The lowest BCUT2D eigenvalue weighted by Crippen LogP contribution is -2.47. The summed E-state index contributed by atoms with van der Waals surface area (Å²) in [5.41, 5.74) is 9.98. The zero-order valence-electron chi connectivity index (χ0n) is 21.9. The number of morpholine rings is 1. The first-order valence-corrected chi connectivity index (χ1v) is 12.6. The van der Waals surface area contributed by atoms with Crippen molar-refractivity contribution in [1.29, 1.82) is 0 Å². The van der Waals surface area contributed by atoms with Crippen molar-refractivity contribution in [3.63, 3.8) is 0 Å². The van der Waals surface area contributed by atoms with Crippen molar-refractivity contribution in [2.24, 2.45) is 5.73 Å². The summed E-state index contributed by atoms with van der Waals surface area (Å²) >= 11 is 0. The van der Waals surface area contributed by atoms with Crippen LogP contribution in [0.25, 0.3) is 11.1 Å². The highest BCUT2D eigenvalue weighted by atomic mass is 16.5. The average molecular weight is 522 g/mol. The molecule has 0 unspecified atom stereocenters. The van der Waals surface area contributed by atoms with Gasteiger partial charge in [0, 0.05) is 51.5 Å². The molecule has 1 aliphatic heterocycles. The predicted molar refractivity (Wildman–Crippen MR) is 146 cm³/mol. The van der Waals surface area contributed by atoms with Crippen LogP contribution in [0.4, 0.5) is 16.2 Å². The SMILES string of the molecule is COc1cccc(CN(CC(=O)N2CCOCC2)C(=O)Nc2ccc(-c3cn[nH]c3)cc2N(C)CCN)c1. The van der Waals surface area contributed by atoms with Gasteiger partial charge in [0.25, 0.3) is 0 Å². The molecule has 11 nitrogen and oxygen atoms in total. The van der Waals surface area contributed by atoms with Gasteiger partial charge in [-0.3, -0.25) is 9.89 Å². The monoisotopic (exact) mass is 521 g/mol. The molecule has 0 radical (unpaired) electrons. The normalized spacial score (nSPS) is 13.2. The second kappa shape index (κ2) is 12.9. The molecule has 0 aliphatic carbocycles. The van der Waals surface area contributed by atoms with Gasteiger partial charge in [-0.25, -0.2) is 4.79 Å². The van der Waals surface area contributed by atoms with Gasteiger partial charge in [0.1, 0.15) is 12.3 Å². The molecule has 11 heteroatoms. The first kappa shape index (κ1) is 27.0. The van der Waals surface area contributed by atoms with Crippen molar-refractivity contribution in [1.82, 2.24) is 20.0 Å². The minimum atomic E-state index is -0.382. The van der Waals surface area contributed by atoms with Crippen molar-refractivity contribution in [3.05, 3.63) is 60.4 Å². The zero-order valence-corrected chi connectivity index (χ0v) is 21.9. The quantitative estimate of drug-likeness (QED) is 0.374. The van der Waals surface area contributed by atoms with Crippen LogP contribution in [-0.2, 0) is 16.1 Å². The number of anilines is 2. The van der Waals surface area contributed by atoms with E-state index in [1.807, 2.05) is 60.6 Å². The molecule has 3 amide bonds. The Balaban J connectivity index is 1.59. The fourth-order valence-corrected chi connectivity index (χ4v) is 4.32. The molecule has 0 saturated carbocycles. The van der Waals surface area contributed by atoms with E-state index in [1.165, 1.54) is 4.90 Å². The van der Waals surface area contributed by atoms with Crippen molar-refractivity contribution >= 4 is 23.3 Å². The number of nitrogens with two attached hydrogens (primary N) is 1. The summed E-state index contributed by atoms with van der Waals surface area (Å²) in [6.07, 6.45) is 3.56. The van der Waals surface area contributed by atoms with E-state index in [0.717, 1.165) is 22.4 Å². The molecule has 202 valence electrons. The lowest BCUT2D eigenvalue weighted by molar-refractivity contribution is -0.135. The lowest BCUT2D eigenvalue weighted by Gasteiger charge is -2.30. The summed E-state index contributed by atoms with van der Waals surface area (Å²) in [4.78, 5) is 32.0. The lowest BCUT2D eigenvalue weighted by atomic mass is 10.1. The third-order valence-electron chi connectivity index (χ3n) is 6.43. The number of carbonyl (C=O) groups excluding carboxylic acids is 2. The van der Waals surface area contributed by atoms with Crippen LogP contribution in [0.15, 0.2) is 54.9 Å². The number of aromatic amines is 1. The van der Waals surface area contributed by atoms with E-state index in [-0.39, 0.29) is 25.0 Å². The van der Waals surface area contributed by atoms with Gasteiger partial charge in [-0.05, 0) is 35.4 Å². The summed E-state index contributed by atoms with van der Waals surface area (Å²) in [6.45, 7) is 3.23. The number of rotatable bonds is 10. The number of benzene rings is 2. The Morgan fingerprint density at radius 1 is 1.18 bits per heavy atom. The molecule has 1 aromatic heterocycles. The summed E-state index contributed by atoms with van der Waals surface area (Å²) in [6, 6.07) is 12.9. The number of amides is 3. The van der Waals surface area contributed by atoms with Gasteiger partial charge in [0.2, 0.25) is 5.91 Å². The Morgan fingerprint density at radius 2 is 2.00 bits per heavy atom. The fraction of sp³-hybridized carbons (Fsp3) is 0.370. The number of likely N-dealkylation sites (N-methyl/N-ethyl adjacent to an activating group) is 1. The molecular weight excluding hydrogens is 486 g/mol. The molecule has 1 fully saturated rings. The minimum Gasteiger partial charge on any atom is -0.497 e. The zero-order chi connectivity index (χ0) is 26.9. The standard InChI is InChI=1S/C27H35N7O4/c1-32(9-8-28)25-15-21(22-16-29-30-17-22)6-7-24(25)31-27(36)34(18-20-4-3-5-23(14-20)37-2)19-26(35)33-10-12-38-13-11-33/h3-7,14-17H,8-13,18-19,28H2,1-2H3,(H,29,30)(H,31,36). The van der Waals surface area contributed by atoms with Crippen LogP contribution in [0, 0.1) is 0 Å². The Bertz CT molecular complexity index is 1210. The van der Waals surface area contributed by atoms with Crippen LogP contribution >= 0.6 is 0 Å². The second-order valence-corrected chi connectivity index (χ2v) is 9.06. The maximum absolute atomic E-state index is 13.7. The first-order chi connectivity index (χ1) is 18.5. The first-order valence-electron chi connectivity index (χ1n) is 12.6. The minimum absolute atomic E-state index is 0.0654. The van der Waals surface area contributed by atoms with E-state index in [2.05, 4.69) is 15.5 Å². The Labute approximate surface area is 222 Å². The average Bonchev–Trinajstić information content (AvgIpc) is 3.49. The predicted octanol–water partition coefficient (Wildman–Crippen LogP) is 2.37. The van der Waals surface area contributed by atoms with E-state index >= 15 is 0 Å². The molecule has 3 aromatic rings. The molecule has 0 atom stereocenters. The molecule has 2 heterocycles. The summed E-state index contributed by atoms with van der Waals surface area (Å²) in [5.74, 6) is 0.560. The number of urea groups is 1. The number of carbonyl (C=O) groups is 2. The van der Waals surface area contributed by atoms with E-state index in [0.29, 0.717) is 50.8 Å². The van der Waals surface area contributed by atoms with Crippen molar-refractivity contribution < 1.29 is 19.1 Å². The summed E-state index contributed by atoms with van der Waals surface area (Å²) < 4.78 is 10.7. The summed E-state index contributed by atoms with van der Waals surface area (Å²) in [7, 11) is 3.52. The van der Waals surface area contributed by atoms with Crippen molar-refractivity contribution in [3.8, 4) is 16.9 Å². The maximum Gasteiger partial charge on any atom is 0.322 e. The van der Waals surface area contributed by atoms with Gasteiger partial charge in [-0.1, -0.05) is 18.2 Å². The van der Waals surface area contributed by atoms with Crippen LogP contribution in [-0.4, -0.2) is 92.0 Å². The topological polar surface area (TPSA) is 129 Å². The highest BCUT2D eigenvalue weighted by Gasteiger charge is 2.24. The maximum atomic E-state index is 13.7. The number of nitrogens with zero attached hydrogens (tertiary/aromatic N) is 4. The van der Waals surface area contributed by atoms with Crippen LogP contribution in [0.1, 0.15) is 5.56 Å². The van der Waals surface area contributed by atoms with Crippen molar-refractivity contribution in [2.75, 3.05) is 70.3 Å². The van der Waals surface area contributed by atoms with E-state index < -0.39 is 0 Å². The Kier molecular flexibility index (Phi) is 9.17. The Morgan fingerprint density at radius 3 is 2.71 bits per heavy atom. The fourth-order valence-electron chi connectivity index (χ4n) is 4.32. The highest BCUT2D eigenvalue weighted by Crippen LogP contribution is 2.31. The number of hydrogen-bond donors (Lipinski definition) is 3. The van der Waals surface area contributed by atoms with Gasteiger partial charge in [0.05, 0.1) is 37.9 Å². The molecule has 4 N–H and O–H groups in total. The van der Waals surface area contributed by atoms with Gasteiger partial charge in [-0.2, -0.15) is 5.10 Å². The van der Waals surface area contributed by atoms with Crippen molar-refractivity contribution in [2.45, 2.75) is 6.54 Å². The molecule has 1 aliphatic rings. The summed E-state index contributed by atoms with van der Waals surface area (Å²) in [5, 5.41) is 9.90. The van der Waals surface area contributed by atoms with Gasteiger partial charge in [0.15, 0.2) is 0 Å². The number of methoxy groups -OCH3 is 1. The van der Waals surface area contributed by atoms with Crippen LogP contribution < -0.4 is 20.7 Å². The third kappa shape index (κ3) is 6.81. The molecule has 4 rings (SSSR count). The van der Waals surface area contributed by atoms with E-state index in [9.17, 15) is 9.59 Å². The van der Waals surface area contributed by atoms with Crippen LogP contribution in [0.3, 0.4) is 0 Å². The van der Waals surface area contributed by atoms with E-state index in [4.69, 9.17) is 15.2 Å². The smallest absolute Gasteiger partial charge is 0.322 e. The highest BCUT2D eigenvalue weighted by molar-refractivity contribution is 5.96. The van der Waals surface area contributed by atoms with Gasteiger partial charge < -0.3 is 35.2 Å². The number of aromatic nitrogens is 2. The van der Waals surface area contributed by atoms with Gasteiger partial charge >= 0.3 is 6.03 Å². The number of nitrogens with one attached hydrogen (secondary N) is 2. The van der Waals surface area contributed by atoms with Crippen LogP contribution in [0.5, 0.6) is 5.75 Å². The molecule has 0 bridgehead atoms. The second-order valence-electron chi connectivity index (χ2n) is 9.06. The molecular formula is C27H35N7O4. The number of ether oxygens (including phenoxy) is 2. The van der Waals surface area contributed by atoms with E-state index in [1.54, 1.807) is 18.2 Å². The molecule has 38 heavy (non-hydrogen) atoms. The molecule has 1 saturated heterocycles. The number of hydrogen-bond acceptors (Lipinski definition) is 7. The molecule has 0 spiro atoms. The van der Waals surface area contributed by atoms with Gasteiger partial charge in [-0.15, -0.1) is 0 Å². The Hall–Kier alpha value is -4.09. The molecule has 2 aromatic carbocycles. The van der Waals surface area contributed by atoms with Crippen LogP contribution in [0.2, 0.25) is 0 Å². The number of H-pyrrole nitrogens is 1. The largest absolute Gasteiger partial charge is 0.497 e.